The number of amides is 2. The van der Waals surface area contributed by atoms with Crippen molar-refractivity contribution in [3.63, 3.8) is 0 Å². The van der Waals surface area contributed by atoms with Crippen molar-refractivity contribution in [3.05, 3.63) is 89.4 Å². The lowest BCUT2D eigenvalue weighted by molar-refractivity contribution is -0.141. The molecule has 40 heavy (non-hydrogen) atoms. The molecular formula is C30H36ClN3O5S. The van der Waals surface area contributed by atoms with Gasteiger partial charge in [0.1, 0.15) is 18.3 Å². The number of benzene rings is 3. The van der Waals surface area contributed by atoms with Gasteiger partial charge < -0.3 is 15.0 Å². The highest BCUT2D eigenvalue weighted by atomic mass is 35.5. The fourth-order valence-corrected chi connectivity index (χ4v) is 5.83. The Balaban J connectivity index is 2.07. The van der Waals surface area contributed by atoms with E-state index in [0.717, 1.165) is 9.87 Å². The maximum atomic E-state index is 14.1. The normalized spacial score (nSPS) is 12.3. The number of carbonyl (C=O) groups is 2. The second kappa shape index (κ2) is 13.2. The fraction of sp³-hybridized carbons (Fsp3) is 0.333. The Kier molecular flexibility index (Phi) is 10.2. The van der Waals surface area contributed by atoms with E-state index in [4.69, 9.17) is 16.3 Å². The molecule has 8 nitrogen and oxygen atoms in total. The first-order valence-corrected chi connectivity index (χ1v) is 14.8. The van der Waals surface area contributed by atoms with Gasteiger partial charge in [-0.05, 0) is 75.2 Å². The number of carbonyl (C=O) groups excluding carboxylic acids is 2. The standard InChI is InChI=1S/C30H36ClN3O5S/c1-6-27(29(36)32-30(2,3)4)33(20-22-12-10-15-25(18-22)39-5)28(35)21-34(24-14-11-13-23(31)19-24)40(37,38)26-16-8-7-9-17-26/h7-19,27H,6,20-21H2,1-5H3,(H,32,36). The van der Waals surface area contributed by atoms with E-state index in [-0.39, 0.29) is 23.0 Å². The van der Waals surface area contributed by atoms with Gasteiger partial charge in [0.05, 0.1) is 17.7 Å². The van der Waals surface area contributed by atoms with Gasteiger partial charge in [0.15, 0.2) is 0 Å². The van der Waals surface area contributed by atoms with Crippen LogP contribution in [0.4, 0.5) is 5.69 Å². The molecule has 0 aliphatic heterocycles. The molecule has 0 radical (unpaired) electrons. The van der Waals surface area contributed by atoms with Gasteiger partial charge >= 0.3 is 0 Å². The molecule has 3 rings (SSSR count). The fourth-order valence-electron chi connectivity index (χ4n) is 4.22. The average Bonchev–Trinajstić information content (AvgIpc) is 2.91. The quantitative estimate of drug-likeness (QED) is 0.331. The van der Waals surface area contributed by atoms with Crippen LogP contribution in [-0.4, -0.2) is 50.4 Å². The summed E-state index contributed by atoms with van der Waals surface area (Å²) in [6, 6.07) is 20.5. The number of sulfonamides is 1. The number of halogens is 1. The Morgan fingerprint density at radius 1 is 0.975 bits per heavy atom. The molecule has 3 aromatic rings. The van der Waals surface area contributed by atoms with E-state index in [9.17, 15) is 18.0 Å². The second-order valence-corrected chi connectivity index (χ2v) is 12.6. The molecule has 0 aromatic heterocycles. The highest BCUT2D eigenvalue weighted by Gasteiger charge is 2.34. The smallest absolute Gasteiger partial charge is 0.264 e. The highest BCUT2D eigenvalue weighted by molar-refractivity contribution is 7.92. The van der Waals surface area contributed by atoms with Crippen molar-refractivity contribution in [2.24, 2.45) is 0 Å². The first-order chi connectivity index (χ1) is 18.9. The Morgan fingerprint density at radius 3 is 2.25 bits per heavy atom. The Bertz CT molecular complexity index is 1420. The predicted molar refractivity (Wildman–Crippen MR) is 158 cm³/mol. The van der Waals surface area contributed by atoms with E-state index in [1.807, 2.05) is 33.8 Å². The lowest BCUT2D eigenvalue weighted by atomic mass is 10.1. The molecule has 0 saturated carbocycles. The number of anilines is 1. The summed E-state index contributed by atoms with van der Waals surface area (Å²) in [5.74, 6) is -0.269. The molecule has 0 saturated heterocycles. The van der Waals surface area contributed by atoms with Crippen LogP contribution in [0.3, 0.4) is 0 Å². The lowest BCUT2D eigenvalue weighted by Gasteiger charge is -2.34. The largest absolute Gasteiger partial charge is 0.497 e. The molecule has 1 N–H and O–H groups in total. The Morgan fingerprint density at radius 2 is 1.65 bits per heavy atom. The van der Waals surface area contributed by atoms with Gasteiger partial charge in [-0.1, -0.05) is 54.9 Å². The number of nitrogens with one attached hydrogen (secondary N) is 1. The van der Waals surface area contributed by atoms with Gasteiger partial charge in [-0.2, -0.15) is 0 Å². The molecule has 2 amide bonds. The minimum atomic E-state index is -4.16. The molecule has 0 heterocycles. The number of hydrogen-bond acceptors (Lipinski definition) is 5. The van der Waals surface area contributed by atoms with Gasteiger partial charge in [-0.15, -0.1) is 0 Å². The summed E-state index contributed by atoms with van der Waals surface area (Å²) >= 11 is 6.21. The van der Waals surface area contributed by atoms with Gasteiger partial charge in [0.25, 0.3) is 10.0 Å². The van der Waals surface area contributed by atoms with Crippen LogP contribution in [0.1, 0.15) is 39.7 Å². The van der Waals surface area contributed by atoms with Gasteiger partial charge in [-0.25, -0.2) is 8.42 Å². The van der Waals surface area contributed by atoms with E-state index in [0.29, 0.717) is 17.2 Å². The number of rotatable bonds is 11. The number of nitrogens with zero attached hydrogens (tertiary/aromatic N) is 2. The summed E-state index contributed by atoms with van der Waals surface area (Å²) in [7, 11) is -2.61. The number of ether oxygens (including phenoxy) is 1. The number of hydrogen-bond donors (Lipinski definition) is 1. The van der Waals surface area contributed by atoms with E-state index < -0.39 is 34.1 Å². The van der Waals surface area contributed by atoms with Crippen LogP contribution in [0.25, 0.3) is 0 Å². The van der Waals surface area contributed by atoms with Crippen molar-refractivity contribution in [2.75, 3.05) is 18.0 Å². The summed E-state index contributed by atoms with van der Waals surface area (Å²) in [4.78, 5) is 28.9. The zero-order chi connectivity index (χ0) is 29.5. The van der Waals surface area contributed by atoms with E-state index in [1.165, 1.54) is 23.1 Å². The third kappa shape index (κ3) is 7.99. The van der Waals surface area contributed by atoms with Crippen molar-refractivity contribution >= 4 is 39.1 Å². The van der Waals surface area contributed by atoms with Gasteiger partial charge in [-0.3, -0.25) is 13.9 Å². The molecule has 0 aliphatic carbocycles. The summed E-state index contributed by atoms with van der Waals surface area (Å²) in [5.41, 5.74) is 0.437. The minimum absolute atomic E-state index is 0.0274. The van der Waals surface area contributed by atoms with E-state index >= 15 is 0 Å². The molecule has 3 aromatic carbocycles. The van der Waals surface area contributed by atoms with Crippen molar-refractivity contribution in [1.82, 2.24) is 10.2 Å². The van der Waals surface area contributed by atoms with E-state index in [1.54, 1.807) is 61.7 Å². The Labute approximate surface area is 241 Å². The summed E-state index contributed by atoms with van der Waals surface area (Å²) in [5, 5.41) is 3.28. The van der Waals surface area contributed by atoms with Crippen LogP contribution in [0.2, 0.25) is 5.02 Å². The topological polar surface area (TPSA) is 96.0 Å². The van der Waals surface area contributed by atoms with Crippen LogP contribution in [0.5, 0.6) is 5.75 Å². The molecule has 10 heteroatoms. The van der Waals surface area contributed by atoms with Gasteiger partial charge in [0.2, 0.25) is 11.8 Å². The monoisotopic (exact) mass is 585 g/mol. The summed E-state index contributed by atoms with van der Waals surface area (Å²) in [6.07, 6.45) is 0.320. The minimum Gasteiger partial charge on any atom is -0.497 e. The van der Waals surface area contributed by atoms with Crippen LogP contribution >= 0.6 is 11.6 Å². The molecule has 214 valence electrons. The zero-order valence-corrected chi connectivity index (χ0v) is 25.0. The molecule has 1 unspecified atom stereocenters. The van der Waals surface area contributed by atoms with Crippen LogP contribution < -0.4 is 14.4 Å². The van der Waals surface area contributed by atoms with Crippen molar-refractivity contribution in [1.29, 1.82) is 0 Å². The molecule has 0 aliphatic rings. The average molecular weight is 586 g/mol. The lowest BCUT2D eigenvalue weighted by Crippen LogP contribution is -2.55. The van der Waals surface area contributed by atoms with Crippen LogP contribution in [0.15, 0.2) is 83.8 Å². The molecule has 0 fully saturated rings. The predicted octanol–water partition coefficient (Wildman–Crippen LogP) is 5.27. The van der Waals surface area contributed by atoms with Gasteiger partial charge in [0, 0.05) is 17.1 Å². The SMILES string of the molecule is CCC(C(=O)NC(C)(C)C)N(Cc1cccc(OC)c1)C(=O)CN(c1cccc(Cl)c1)S(=O)(=O)c1ccccc1. The first-order valence-electron chi connectivity index (χ1n) is 12.9. The van der Waals surface area contributed by atoms with Crippen LogP contribution in [0, 0.1) is 0 Å². The van der Waals surface area contributed by atoms with Crippen molar-refractivity contribution in [3.8, 4) is 5.75 Å². The number of methoxy groups -OCH3 is 1. The summed E-state index contributed by atoms with van der Waals surface area (Å²) < 4.78 is 34.0. The van der Waals surface area contributed by atoms with Crippen LogP contribution in [-0.2, 0) is 26.2 Å². The third-order valence-electron chi connectivity index (χ3n) is 6.08. The maximum absolute atomic E-state index is 14.1. The maximum Gasteiger partial charge on any atom is 0.264 e. The molecule has 1 atom stereocenters. The highest BCUT2D eigenvalue weighted by Crippen LogP contribution is 2.27. The third-order valence-corrected chi connectivity index (χ3v) is 8.10. The second-order valence-electron chi connectivity index (χ2n) is 10.3. The first kappa shape index (κ1) is 31.0. The molecule has 0 spiro atoms. The Hall–Kier alpha value is -3.56. The van der Waals surface area contributed by atoms with Crippen molar-refractivity contribution in [2.45, 2.75) is 57.1 Å². The zero-order valence-electron chi connectivity index (χ0n) is 23.4. The molecule has 0 bridgehead atoms. The van der Waals surface area contributed by atoms with E-state index in [2.05, 4.69) is 5.32 Å². The molecular weight excluding hydrogens is 550 g/mol. The summed E-state index contributed by atoms with van der Waals surface area (Å²) in [6.45, 7) is 6.92. The van der Waals surface area contributed by atoms with Crippen molar-refractivity contribution < 1.29 is 22.7 Å².